The first kappa shape index (κ1) is 24.5. The molecule has 4 rings (SSSR count). The van der Waals surface area contributed by atoms with E-state index in [1.807, 2.05) is 12.1 Å². The number of hydrogen-bond acceptors (Lipinski definition) is 4. The lowest BCUT2D eigenvalue weighted by atomic mass is 9.85. The highest BCUT2D eigenvalue weighted by atomic mass is 19.1. The highest BCUT2D eigenvalue weighted by Gasteiger charge is 2.28. The average Bonchev–Trinajstić information content (AvgIpc) is 2.82. The predicted molar refractivity (Wildman–Crippen MR) is 129 cm³/mol. The quantitative estimate of drug-likeness (QED) is 0.534. The number of carboxylic acids is 1. The van der Waals surface area contributed by atoms with Gasteiger partial charge in [-0.1, -0.05) is 18.2 Å². The Labute approximate surface area is 203 Å². The van der Waals surface area contributed by atoms with Crippen LogP contribution in [-0.4, -0.2) is 40.7 Å². The molecule has 3 N–H and O–H groups in total. The van der Waals surface area contributed by atoms with E-state index in [-0.39, 0.29) is 30.2 Å². The lowest BCUT2D eigenvalue weighted by Crippen LogP contribution is -2.39. The summed E-state index contributed by atoms with van der Waals surface area (Å²) in [6, 6.07) is 9.77. The Balaban J connectivity index is 1.28. The van der Waals surface area contributed by atoms with Gasteiger partial charge in [0.2, 0.25) is 0 Å². The zero-order chi connectivity index (χ0) is 24.9. The molecule has 1 aliphatic carbocycles. The smallest absolute Gasteiger partial charge is 0.410 e. The van der Waals surface area contributed by atoms with Crippen molar-refractivity contribution >= 4 is 29.5 Å². The van der Waals surface area contributed by atoms with Crippen LogP contribution in [-0.2, 0) is 22.5 Å². The Morgan fingerprint density at radius 2 is 1.86 bits per heavy atom. The van der Waals surface area contributed by atoms with Gasteiger partial charge in [0.05, 0.1) is 5.69 Å². The fourth-order valence-electron chi connectivity index (χ4n) is 4.73. The number of nitrogens with zero attached hydrogens (tertiary/aromatic N) is 1. The summed E-state index contributed by atoms with van der Waals surface area (Å²) < 4.78 is 19.8. The molecule has 8 nitrogen and oxygen atoms in total. The summed E-state index contributed by atoms with van der Waals surface area (Å²) in [7, 11) is 0. The molecule has 1 fully saturated rings. The van der Waals surface area contributed by atoms with Crippen molar-refractivity contribution in [1.82, 2.24) is 4.90 Å². The lowest BCUT2D eigenvalue weighted by Gasteiger charge is -2.32. The van der Waals surface area contributed by atoms with Crippen LogP contribution >= 0.6 is 0 Å². The molecule has 1 aliphatic heterocycles. The number of aliphatic carboxylic acids is 1. The van der Waals surface area contributed by atoms with Gasteiger partial charge in [-0.2, -0.15) is 0 Å². The van der Waals surface area contributed by atoms with Gasteiger partial charge in [-0.3, -0.25) is 4.79 Å². The van der Waals surface area contributed by atoms with Gasteiger partial charge in [-0.25, -0.2) is 14.0 Å². The standard InChI is InChI=1S/C26H30FN3O5/c1-16-3-2-4-22(24(16)27)29-25(33)28-20-8-7-19-15-30(12-11-18(19)14-20)26(34)35-21-9-5-17(6-10-21)13-23(31)32/h2-4,7-8,14,17,21H,5-6,9-13,15H2,1H3,(H,31,32)(H2,28,29,33). The summed E-state index contributed by atoms with van der Waals surface area (Å²) in [5, 5.41) is 14.2. The van der Waals surface area contributed by atoms with Crippen LogP contribution in [0.2, 0.25) is 0 Å². The van der Waals surface area contributed by atoms with Crippen molar-refractivity contribution in [3.63, 3.8) is 0 Å². The number of nitrogens with one attached hydrogen (secondary N) is 2. The normalized spacial score (nSPS) is 19.4. The van der Waals surface area contributed by atoms with Crippen molar-refractivity contribution in [3.05, 3.63) is 58.9 Å². The maximum atomic E-state index is 14.1. The second kappa shape index (κ2) is 10.8. The van der Waals surface area contributed by atoms with E-state index in [1.54, 1.807) is 30.0 Å². The van der Waals surface area contributed by atoms with Crippen molar-refractivity contribution in [3.8, 4) is 0 Å². The van der Waals surface area contributed by atoms with Gasteiger partial charge < -0.3 is 25.4 Å². The molecule has 0 radical (unpaired) electrons. The highest BCUT2D eigenvalue weighted by Crippen LogP contribution is 2.30. The third kappa shape index (κ3) is 6.29. The van der Waals surface area contributed by atoms with Crippen LogP contribution in [0.15, 0.2) is 36.4 Å². The van der Waals surface area contributed by atoms with E-state index < -0.39 is 17.8 Å². The molecule has 0 atom stereocenters. The molecule has 0 saturated heterocycles. The van der Waals surface area contributed by atoms with Crippen molar-refractivity contribution in [2.45, 2.75) is 58.1 Å². The minimum atomic E-state index is -0.781. The van der Waals surface area contributed by atoms with Gasteiger partial charge in [0.15, 0.2) is 0 Å². The Kier molecular flexibility index (Phi) is 7.53. The number of ether oxygens (including phenoxy) is 1. The first-order chi connectivity index (χ1) is 16.8. The van der Waals surface area contributed by atoms with Gasteiger partial charge in [-0.15, -0.1) is 0 Å². The molecule has 2 aromatic rings. The van der Waals surface area contributed by atoms with Crippen molar-refractivity contribution in [2.24, 2.45) is 5.92 Å². The highest BCUT2D eigenvalue weighted by molar-refractivity contribution is 6.00. The number of carbonyl (C=O) groups is 3. The van der Waals surface area contributed by atoms with Crippen LogP contribution in [0.5, 0.6) is 0 Å². The van der Waals surface area contributed by atoms with Gasteiger partial charge in [-0.05, 0) is 79.8 Å². The van der Waals surface area contributed by atoms with E-state index in [1.165, 1.54) is 6.07 Å². The number of carboxylic acid groups (broad SMARTS) is 1. The van der Waals surface area contributed by atoms with Crippen molar-refractivity contribution < 1.29 is 28.6 Å². The molecular weight excluding hydrogens is 453 g/mol. The van der Waals surface area contributed by atoms with E-state index in [2.05, 4.69) is 10.6 Å². The number of rotatable bonds is 5. The maximum Gasteiger partial charge on any atom is 0.410 e. The summed E-state index contributed by atoms with van der Waals surface area (Å²) >= 11 is 0. The van der Waals surface area contributed by atoms with Crippen LogP contribution in [0.25, 0.3) is 0 Å². The number of urea groups is 1. The predicted octanol–water partition coefficient (Wildman–Crippen LogP) is 5.31. The third-order valence-corrected chi connectivity index (χ3v) is 6.70. The molecule has 0 bridgehead atoms. The summed E-state index contributed by atoms with van der Waals surface area (Å²) in [6.45, 7) is 2.56. The van der Waals surface area contributed by atoms with Crippen LogP contribution in [0.4, 0.5) is 25.4 Å². The second-order valence-electron chi connectivity index (χ2n) is 9.29. The number of halogens is 1. The number of amides is 3. The summed E-state index contributed by atoms with van der Waals surface area (Å²) in [4.78, 5) is 37.6. The largest absolute Gasteiger partial charge is 0.481 e. The number of anilines is 2. The van der Waals surface area contributed by atoms with E-state index in [9.17, 15) is 18.8 Å². The first-order valence-electron chi connectivity index (χ1n) is 11.9. The zero-order valence-electron chi connectivity index (χ0n) is 19.7. The van der Waals surface area contributed by atoms with Crippen molar-refractivity contribution in [2.75, 3.05) is 17.2 Å². The topological polar surface area (TPSA) is 108 Å². The summed E-state index contributed by atoms with van der Waals surface area (Å²) in [5.41, 5.74) is 3.16. The van der Waals surface area contributed by atoms with Gasteiger partial charge >= 0.3 is 18.1 Å². The molecule has 35 heavy (non-hydrogen) atoms. The Bertz CT molecular complexity index is 1110. The lowest BCUT2D eigenvalue weighted by molar-refractivity contribution is -0.138. The molecular formula is C26H30FN3O5. The Morgan fingerprint density at radius 3 is 2.60 bits per heavy atom. The molecule has 0 unspecified atom stereocenters. The van der Waals surface area contributed by atoms with E-state index in [0.29, 0.717) is 43.6 Å². The second-order valence-corrected chi connectivity index (χ2v) is 9.29. The van der Waals surface area contributed by atoms with Crippen LogP contribution < -0.4 is 10.6 Å². The van der Waals surface area contributed by atoms with E-state index >= 15 is 0 Å². The first-order valence-corrected chi connectivity index (χ1v) is 11.9. The van der Waals surface area contributed by atoms with Crippen LogP contribution in [0.1, 0.15) is 48.8 Å². The molecule has 186 valence electrons. The Hall–Kier alpha value is -3.62. The van der Waals surface area contributed by atoms with Crippen LogP contribution in [0, 0.1) is 18.7 Å². The summed E-state index contributed by atoms with van der Waals surface area (Å²) in [5.74, 6) is -1.09. The fraction of sp³-hybridized carbons (Fsp3) is 0.423. The summed E-state index contributed by atoms with van der Waals surface area (Å²) in [6.07, 6.45) is 3.18. The van der Waals surface area contributed by atoms with E-state index in [0.717, 1.165) is 24.0 Å². The number of carbonyl (C=O) groups excluding carboxylic acids is 2. The van der Waals surface area contributed by atoms with Gasteiger partial charge in [0.25, 0.3) is 0 Å². The Morgan fingerprint density at radius 1 is 1.09 bits per heavy atom. The van der Waals surface area contributed by atoms with Gasteiger partial charge in [0, 0.05) is 25.2 Å². The average molecular weight is 484 g/mol. The number of benzene rings is 2. The molecule has 1 heterocycles. The molecule has 1 saturated carbocycles. The third-order valence-electron chi connectivity index (χ3n) is 6.70. The minimum absolute atomic E-state index is 0.116. The molecule has 2 aromatic carbocycles. The van der Waals surface area contributed by atoms with Crippen molar-refractivity contribution in [1.29, 1.82) is 0 Å². The molecule has 0 spiro atoms. The molecule has 0 aromatic heterocycles. The molecule has 9 heteroatoms. The number of hydrogen-bond donors (Lipinski definition) is 3. The molecule has 2 aliphatic rings. The number of aryl methyl sites for hydroxylation is 1. The zero-order valence-corrected chi connectivity index (χ0v) is 19.7. The molecule has 3 amide bonds. The van der Waals surface area contributed by atoms with Gasteiger partial charge in [0.1, 0.15) is 11.9 Å². The maximum absolute atomic E-state index is 14.1. The fourth-order valence-corrected chi connectivity index (χ4v) is 4.73. The minimum Gasteiger partial charge on any atom is -0.481 e. The van der Waals surface area contributed by atoms with Crippen LogP contribution in [0.3, 0.4) is 0 Å². The number of fused-ring (bicyclic) bond motifs is 1. The SMILES string of the molecule is Cc1cccc(NC(=O)Nc2ccc3c(c2)CCN(C(=O)OC2CCC(CC(=O)O)CC2)C3)c1F. The monoisotopic (exact) mass is 483 g/mol. The van der Waals surface area contributed by atoms with E-state index in [4.69, 9.17) is 9.84 Å².